The molecule has 0 radical (unpaired) electrons. The van der Waals surface area contributed by atoms with Crippen molar-refractivity contribution in [1.29, 1.82) is 0 Å². The van der Waals surface area contributed by atoms with Crippen molar-refractivity contribution >= 4 is 22.8 Å². The average Bonchev–Trinajstić information content (AvgIpc) is 3.33. The van der Waals surface area contributed by atoms with Gasteiger partial charge in [0, 0.05) is 19.3 Å². The molecule has 3 aromatic rings. The van der Waals surface area contributed by atoms with Crippen LogP contribution in [0.5, 0.6) is 0 Å². The van der Waals surface area contributed by atoms with Gasteiger partial charge in [-0.2, -0.15) is 0 Å². The van der Waals surface area contributed by atoms with E-state index in [2.05, 4.69) is 24.8 Å². The molecular weight excluding hydrogens is 308 g/mol. The number of aromatic nitrogens is 4. The van der Waals surface area contributed by atoms with Crippen LogP contribution in [0.1, 0.15) is 23.5 Å². The quantitative estimate of drug-likeness (QED) is 0.767. The minimum Gasteiger partial charge on any atom is -0.441 e. The van der Waals surface area contributed by atoms with Crippen molar-refractivity contribution in [2.45, 2.75) is 24.9 Å². The molecule has 0 unspecified atom stereocenters. The van der Waals surface area contributed by atoms with Gasteiger partial charge in [-0.3, -0.25) is 4.79 Å². The summed E-state index contributed by atoms with van der Waals surface area (Å²) in [5.41, 5.74) is 0.839. The van der Waals surface area contributed by atoms with Crippen molar-refractivity contribution in [3.05, 3.63) is 36.9 Å². The lowest BCUT2D eigenvalue weighted by molar-refractivity contribution is 0.0600. The molecule has 5 heterocycles. The fraction of sp³-hybridized carbons (Fsp3) is 0.375. The Labute approximate surface area is 137 Å². The predicted octanol–water partition coefficient (Wildman–Crippen LogP) is 1.44. The standard InChI is InChI=1S/C16H16N6O2/c23-16(15-18-5-6-24-15)22-10-1-2-11(22)8-21(7-10)14-12-3-4-17-13(12)19-9-20-14/h3-6,9-11H,1-2,7-8H2,(H,17,19,20)/t10-,11-/m1/s1. The van der Waals surface area contributed by atoms with Crippen molar-refractivity contribution in [2.24, 2.45) is 0 Å². The van der Waals surface area contributed by atoms with E-state index in [1.165, 1.54) is 12.5 Å². The first-order valence-corrected chi connectivity index (χ1v) is 8.06. The lowest BCUT2D eigenvalue weighted by atomic mass is 10.1. The van der Waals surface area contributed by atoms with Crippen LogP contribution >= 0.6 is 0 Å². The molecule has 8 heteroatoms. The monoisotopic (exact) mass is 324 g/mol. The number of carbonyl (C=O) groups excluding carboxylic acids is 1. The molecule has 0 aliphatic carbocycles. The zero-order valence-electron chi connectivity index (χ0n) is 12.9. The Morgan fingerprint density at radius 3 is 2.79 bits per heavy atom. The van der Waals surface area contributed by atoms with Gasteiger partial charge in [-0.25, -0.2) is 15.0 Å². The van der Waals surface area contributed by atoms with Gasteiger partial charge in [0.2, 0.25) is 0 Å². The summed E-state index contributed by atoms with van der Waals surface area (Å²) in [4.78, 5) is 32.7. The smallest absolute Gasteiger partial charge is 0.310 e. The molecule has 2 fully saturated rings. The van der Waals surface area contributed by atoms with Crippen LogP contribution in [-0.2, 0) is 0 Å². The normalized spacial score (nSPS) is 23.2. The highest BCUT2D eigenvalue weighted by Crippen LogP contribution is 2.34. The first-order valence-electron chi connectivity index (χ1n) is 8.06. The highest BCUT2D eigenvalue weighted by atomic mass is 16.4. The summed E-state index contributed by atoms with van der Waals surface area (Å²) in [6.07, 6.45) is 8.40. The molecule has 0 aromatic carbocycles. The topological polar surface area (TPSA) is 91.2 Å². The van der Waals surface area contributed by atoms with Crippen LogP contribution in [0, 0.1) is 0 Å². The molecule has 2 bridgehead atoms. The predicted molar refractivity (Wildman–Crippen MR) is 85.6 cm³/mol. The van der Waals surface area contributed by atoms with E-state index in [9.17, 15) is 4.79 Å². The molecule has 0 saturated carbocycles. The van der Waals surface area contributed by atoms with Gasteiger partial charge in [0.05, 0.1) is 23.7 Å². The van der Waals surface area contributed by atoms with Gasteiger partial charge < -0.3 is 19.2 Å². The number of nitrogens with one attached hydrogen (secondary N) is 1. The Bertz CT molecular complexity index is 875. The minimum absolute atomic E-state index is 0.110. The number of piperazine rings is 1. The van der Waals surface area contributed by atoms with Crippen LogP contribution in [0.25, 0.3) is 11.0 Å². The number of amides is 1. The number of hydrogen-bond donors (Lipinski definition) is 1. The Kier molecular flexibility index (Phi) is 2.85. The lowest BCUT2D eigenvalue weighted by Gasteiger charge is -2.41. The number of rotatable bonds is 2. The maximum atomic E-state index is 12.7. The van der Waals surface area contributed by atoms with Crippen molar-refractivity contribution in [3.8, 4) is 0 Å². The van der Waals surface area contributed by atoms with Gasteiger partial charge in [-0.15, -0.1) is 0 Å². The van der Waals surface area contributed by atoms with Crippen LogP contribution in [0.4, 0.5) is 5.82 Å². The van der Waals surface area contributed by atoms with Crippen LogP contribution in [0.3, 0.4) is 0 Å². The Hall–Kier alpha value is -2.90. The number of carbonyl (C=O) groups is 1. The van der Waals surface area contributed by atoms with Gasteiger partial charge in [0.25, 0.3) is 5.89 Å². The molecule has 24 heavy (non-hydrogen) atoms. The number of hydrogen-bond acceptors (Lipinski definition) is 6. The summed E-state index contributed by atoms with van der Waals surface area (Å²) < 4.78 is 5.19. The van der Waals surface area contributed by atoms with Gasteiger partial charge in [0.1, 0.15) is 24.1 Å². The number of anilines is 1. The summed E-state index contributed by atoms with van der Waals surface area (Å²) in [6.45, 7) is 1.53. The fourth-order valence-electron chi connectivity index (χ4n) is 3.96. The summed E-state index contributed by atoms with van der Waals surface area (Å²) in [5, 5.41) is 1.02. The third-order valence-corrected chi connectivity index (χ3v) is 4.96. The maximum absolute atomic E-state index is 12.7. The number of fused-ring (bicyclic) bond motifs is 3. The summed E-state index contributed by atoms with van der Waals surface area (Å²) in [5.74, 6) is 0.999. The molecule has 2 atom stereocenters. The second-order valence-electron chi connectivity index (χ2n) is 6.28. The summed E-state index contributed by atoms with van der Waals surface area (Å²) >= 11 is 0. The molecule has 2 saturated heterocycles. The van der Waals surface area contributed by atoms with E-state index in [4.69, 9.17) is 4.42 Å². The Morgan fingerprint density at radius 1 is 1.21 bits per heavy atom. The summed E-state index contributed by atoms with van der Waals surface area (Å²) in [6, 6.07) is 2.32. The minimum atomic E-state index is -0.110. The van der Waals surface area contributed by atoms with Crippen LogP contribution in [0.2, 0.25) is 0 Å². The van der Waals surface area contributed by atoms with Crippen LogP contribution in [0.15, 0.2) is 35.5 Å². The molecule has 2 aliphatic heterocycles. The summed E-state index contributed by atoms with van der Waals surface area (Å²) in [7, 11) is 0. The van der Waals surface area contributed by atoms with Gasteiger partial charge in [-0.1, -0.05) is 0 Å². The van der Waals surface area contributed by atoms with E-state index in [1.807, 2.05) is 17.2 Å². The molecule has 8 nitrogen and oxygen atoms in total. The van der Waals surface area contributed by atoms with Gasteiger partial charge >= 0.3 is 5.91 Å². The van der Waals surface area contributed by atoms with Crippen molar-refractivity contribution < 1.29 is 9.21 Å². The molecule has 1 N–H and O–H groups in total. The largest absolute Gasteiger partial charge is 0.441 e. The number of oxazole rings is 1. The van der Waals surface area contributed by atoms with Crippen LogP contribution < -0.4 is 4.90 Å². The maximum Gasteiger partial charge on any atom is 0.310 e. The number of aromatic amines is 1. The Morgan fingerprint density at radius 2 is 2.04 bits per heavy atom. The van der Waals surface area contributed by atoms with Crippen molar-refractivity contribution in [2.75, 3.05) is 18.0 Å². The van der Waals surface area contributed by atoms with Crippen LogP contribution in [-0.4, -0.2) is 55.9 Å². The van der Waals surface area contributed by atoms with Crippen molar-refractivity contribution in [3.63, 3.8) is 0 Å². The second-order valence-corrected chi connectivity index (χ2v) is 6.28. The molecule has 122 valence electrons. The zero-order chi connectivity index (χ0) is 16.1. The van der Waals surface area contributed by atoms with E-state index < -0.39 is 0 Å². The third kappa shape index (κ3) is 1.92. The zero-order valence-corrected chi connectivity index (χ0v) is 12.9. The highest BCUT2D eigenvalue weighted by molar-refractivity contribution is 5.91. The van der Waals surface area contributed by atoms with E-state index in [-0.39, 0.29) is 23.9 Å². The number of H-pyrrole nitrogens is 1. The average molecular weight is 324 g/mol. The molecule has 5 rings (SSSR count). The van der Waals surface area contributed by atoms with E-state index >= 15 is 0 Å². The number of nitrogens with zero attached hydrogens (tertiary/aromatic N) is 5. The lowest BCUT2D eigenvalue weighted by Crippen LogP contribution is -2.56. The van der Waals surface area contributed by atoms with E-state index in [0.717, 1.165) is 42.8 Å². The van der Waals surface area contributed by atoms with Gasteiger partial charge in [0.15, 0.2) is 0 Å². The Balaban J connectivity index is 1.45. The first-order chi connectivity index (χ1) is 11.8. The SMILES string of the molecule is O=C(c1ncco1)N1[C@@H]2CC[C@@H]1CN(c1ncnc3[nH]ccc13)C2. The first kappa shape index (κ1) is 13.5. The third-order valence-electron chi connectivity index (χ3n) is 4.96. The fourth-order valence-corrected chi connectivity index (χ4v) is 3.96. The van der Waals surface area contributed by atoms with E-state index in [1.54, 1.807) is 6.33 Å². The van der Waals surface area contributed by atoms with Gasteiger partial charge in [-0.05, 0) is 18.9 Å². The van der Waals surface area contributed by atoms with E-state index in [0.29, 0.717) is 0 Å². The molecular formula is C16H16N6O2. The second kappa shape index (κ2) is 5.05. The molecule has 2 aliphatic rings. The molecule has 0 spiro atoms. The van der Waals surface area contributed by atoms with Crippen molar-refractivity contribution in [1.82, 2.24) is 24.8 Å². The molecule has 3 aromatic heterocycles. The highest BCUT2D eigenvalue weighted by Gasteiger charge is 2.44. The molecule has 1 amide bonds.